The second kappa shape index (κ2) is 10.4. The Kier molecular flexibility index (Phi) is 8.84. The minimum atomic E-state index is -3.38. The molecule has 2 N–H and O–H groups in total. The van der Waals surface area contributed by atoms with Crippen LogP contribution in [-0.2, 0) is 10.0 Å². The zero-order valence-corrected chi connectivity index (χ0v) is 14.7. The van der Waals surface area contributed by atoms with E-state index in [2.05, 4.69) is 17.7 Å². The smallest absolute Gasteiger partial charge is 0.217 e. The summed E-state index contributed by atoms with van der Waals surface area (Å²) in [6.45, 7) is 4.16. The Morgan fingerprint density at radius 1 is 1.26 bits per heavy atom. The number of nitrogens with one attached hydrogen (secondary N) is 1. The Morgan fingerprint density at radius 2 is 1.96 bits per heavy atom. The summed E-state index contributed by atoms with van der Waals surface area (Å²) in [5.41, 5.74) is 2.10. The number of aliphatic hydroxyl groups excluding tert-OH is 1. The molecule has 0 aliphatic rings. The molecule has 0 saturated heterocycles. The summed E-state index contributed by atoms with van der Waals surface area (Å²) in [5.74, 6) is 0. The predicted molar refractivity (Wildman–Crippen MR) is 96.6 cm³/mol. The lowest BCUT2D eigenvalue weighted by atomic mass is 10.0. The van der Waals surface area contributed by atoms with Crippen molar-refractivity contribution in [2.24, 2.45) is 0 Å². The standard InChI is InChI=1S/C18H27NO3S/c1-3-9-17(18-10-5-4-6-11-18)13-12-16(2)23(21,22)19-14-7-8-15-20/h4-6,9-13,16,19-20H,3,7-8,14-15H2,1-2H3/b13-12-,17-9+. The van der Waals surface area contributed by atoms with Crippen molar-refractivity contribution >= 4 is 15.6 Å². The first kappa shape index (κ1) is 19.6. The molecular formula is C18H27NO3S. The molecule has 1 aromatic carbocycles. The number of rotatable bonds is 10. The normalized spacial score (nSPS) is 14.3. The number of hydrogen-bond acceptors (Lipinski definition) is 3. The van der Waals surface area contributed by atoms with Gasteiger partial charge in [-0.05, 0) is 37.3 Å². The molecule has 0 amide bonds. The fraction of sp³-hybridized carbons (Fsp3) is 0.444. The van der Waals surface area contributed by atoms with Gasteiger partial charge >= 0.3 is 0 Å². The van der Waals surface area contributed by atoms with E-state index < -0.39 is 15.3 Å². The van der Waals surface area contributed by atoms with E-state index in [0.717, 1.165) is 17.6 Å². The highest BCUT2D eigenvalue weighted by Crippen LogP contribution is 2.17. The summed E-state index contributed by atoms with van der Waals surface area (Å²) in [4.78, 5) is 0. The molecular weight excluding hydrogens is 310 g/mol. The molecule has 4 nitrogen and oxygen atoms in total. The summed E-state index contributed by atoms with van der Waals surface area (Å²) in [6, 6.07) is 9.92. The molecule has 1 unspecified atom stereocenters. The van der Waals surface area contributed by atoms with Crippen molar-refractivity contribution in [3.8, 4) is 0 Å². The van der Waals surface area contributed by atoms with Crippen LogP contribution in [0.15, 0.2) is 48.6 Å². The maximum absolute atomic E-state index is 12.2. The quantitative estimate of drug-likeness (QED) is 0.509. The highest BCUT2D eigenvalue weighted by molar-refractivity contribution is 7.90. The van der Waals surface area contributed by atoms with Gasteiger partial charge in [0.25, 0.3) is 0 Å². The van der Waals surface area contributed by atoms with Gasteiger partial charge in [0.1, 0.15) is 0 Å². The van der Waals surface area contributed by atoms with Crippen LogP contribution in [-0.4, -0.2) is 31.9 Å². The van der Waals surface area contributed by atoms with Crippen LogP contribution < -0.4 is 4.72 Å². The van der Waals surface area contributed by atoms with Gasteiger partial charge in [-0.3, -0.25) is 0 Å². The largest absolute Gasteiger partial charge is 0.396 e. The number of hydrogen-bond donors (Lipinski definition) is 2. The zero-order valence-electron chi connectivity index (χ0n) is 13.9. The molecule has 0 bridgehead atoms. The Hall–Kier alpha value is -1.43. The summed E-state index contributed by atoms with van der Waals surface area (Å²) in [5, 5.41) is 8.10. The van der Waals surface area contributed by atoms with Crippen molar-refractivity contribution in [1.29, 1.82) is 0 Å². The van der Waals surface area contributed by atoms with Gasteiger partial charge in [-0.25, -0.2) is 13.1 Å². The first-order chi connectivity index (χ1) is 11.0. The molecule has 0 heterocycles. The topological polar surface area (TPSA) is 66.4 Å². The number of aliphatic hydroxyl groups is 1. The minimum absolute atomic E-state index is 0.0828. The van der Waals surface area contributed by atoms with Gasteiger partial charge < -0.3 is 5.11 Å². The molecule has 5 heteroatoms. The van der Waals surface area contributed by atoms with Gasteiger partial charge in [-0.1, -0.05) is 55.5 Å². The van der Waals surface area contributed by atoms with E-state index >= 15 is 0 Å². The van der Waals surface area contributed by atoms with Gasteiger partial charge in [0.05, 0.1) is 5.25 Å². The maximum atomic E-state index is 12.2. The zero-order chi connectivity index (χ0) is 17.1. The molecule has 0 aromatic heterocycles. The van der Waals surface area contributed by atoms with Gasteiger partial charge in [-0.2, -0.15) is 0 Å². The minimum Gasteiger partial charge on any atom is -0.396 e. The molecule has 0 fully saturated rings. The first-order valence-electron chi connectivity index (χ1n) is 8.04. The first-order valence-corrected chi connectivity index (χ1v) is 9.59. The predicted octanol–water partition coefficient (Wildman–Crippen LogP) is 3.12. The van der Waals surface area contributed by atoms with Crippen LogP contribution in [0.1, 0.15) is 38.7 Å². The Labute approximate surface area is 140 Å². The average molecular weight is 337 g/mol. The molecule has 1 rings (SSSR count). The van der Waals surface area contributed by atoms with Gasteiger partial charge in [-0.15, -0.1) is 0 Å². The fourth-order valence-corrected chi connectivity index (χ4v) is 3.04. The summed E-state index contributed by atoms with van der Waals surface area (Å²) in [6.07, 6.45) is 7.79. The molecule has 0 aliphatic heterocycles. The van der Waals surface area contributed by atoms with Crippen molar-refractivity contribution in [1.82, 2.24) is 4.72 Å². The summed E-state index contributed by atoms with van der Waals surface area (Å²) in [7, 11) is -3.38. The third-order valence-corrected chi connectivity index (χ3v) is 5.20. The third kappa shape index (κ3) is 7.12. The third-order valence-electron chi connectivity index (χ3n) is 3.46. The highest BCUT2D eigenvalue weighted by Gasteiger charge is 2.17. The molecule has 23 heavy (non-hydrogen) atoms. The summed E-state index contributed by atoms with van der Waals surface area (Å²) < 4.78 is 26.9. The average Bonchev–Trinajstić information content (AvgIpc) is 2.56. The van der Waals surface area contributed by atoms with E-state index in [4.69, 9.17) is 5.11 Å². The van der Waals surface area contributed by atoms with Crippen LogP contribution in [0.3, 0.4) is 0 Å². The van der Waals surface area contributed by atoms with E-state index in [1.54, 1.807) is 13.0 Å². The van der Waals surface area contributed by atoms with Crippen LogP contribution in [0.4, 0.5) is 0 Å². The second-order valence-corrected chi connectivity index (χ2v) is 7.49. The van der Waals surface area contributed by atoms with Crippen LogP contribution in [0, 0.1) is 0 Å². The Balaban J connectivity index is 2.74. The van der Waals surface area contributed by atoms with Gasteiger partial charge in [0, 0.05) is 13.2 Å². The Morgan fingerprint density at radius 3 is 2.57 bits per heavy atom. The molecule has 0 saturated carbocycles. The molecule has 0 radical (unpaired) electrons. The monoisotopic (exact) mass is 337 g/mol. The molecule has 128 valence electrons. The lowest BCUT2D eigenvalue weighted by Gasteiger charge is -2.11. The van der Waals surface area contributed by atoms with Crippen molar-refractivity contribution < 1.29 is 13.5 Å². The number of unbranched alkanes of at least 4 members (excludes halogenated alkanes) is 1. The number of allylic oxidation sites excluding steroid dienone is 3. The molecule has 1 aromatic rings. The molecule has 1 atom stereocenters. The van der Waals surface area contributed by atoms with Crippen molar-refractivity contribution in [2.75, 3.05) is 13.2 Å². The van der Waals surface area contributed by atoms with E-state index in [-0.39, 0.29) is 6.61 Å². The van der Waals surface area contributed by atoms with E-state index in [1.165, 1.54) is 0 Å². The van der Waals surface area contributed by atoms with Gasteiger partial charge in [0.15, 0.2) is 0 Å². The Bertz CT molecular complexity index is 606. The summed E-state index contributed by atoms with van der Waals surface area (Å²) >= 11 is 0. The van der Waals surface area contributed by atoms with E-state index in [0.29, 0.717) is 19.4 Å². The molecule has 0 aliphatic carbocycles. The van der Waals surface area contributed by atoms with Crippen LogP contribution in [0.5, 0.6) is 0 Å². The maximum Gasteiger partial charge on any atom is 0.217 e. The fourth-order valence-electron chi connectivity index (χ4n) is 2.06. The van der Waals surface area contributed by atoms with Crippen molar-refractivity contribution in [3.05, 3.63) is 54.1 Å². The molecule has 0 spiro atoms. The van der Waals surface area contributed by atoms with Crippen LogP contribution in [0.25, 0.3) is 5.57 Å². The van der Waals surface area contributed by atoms with Gasteiger partial charge in [0.2, 0.25) is 10.0 Å². The number of benzene rings is 1. The van der Waals surface area contributed by atoms with E-state index in [9.17, 15) is 8.42 Å². The van der Waals surface area contributed by atoms with Crippen molar-refractivity contribution in [3.63, 3.8) is 0 Å². The highest BCUT2D eigenvalue weighted by atomic mass is 32.2. The SMILES string of the molecule is CC/C=C(\C=C/C(C)S(=O)(=O)NCCCCO)c1ccccc1. The second-order valence-electron chi connectivity index (χ2n) is 5.37. The van der Waals surface area contributed by atoms with Crippen LogP contribution >= 0.6 is 0 Å². The lowest BCUT2D eigenvalue weighted by molar-refractivity contribution is 0.285. The van der Waals surface area contributed by atoms with Crippen molar-refractivity contribution in [2.45, 2.75) is 38.4 Å². The number of sulfonamides is 1. The lowest BCUT2D eigenvalue weighted by Crippen LogP contribution is -2.32. The van der Waals surface area contributed by atoms with Crippen LogP contribution in [0.2, 0.25) is 0 Å². The van der Waals surface area contributed by atoms with E-state index in [1.807, 2.05) is 36.4 Å².